The van der Waals surface area contributed by atoms with Crippen molar-refractivity contribution in [3.05, 3.63) is 77.9 Å². The molecule has 5 nitrogen and oxygen atoms in total. The van der Waals surface area contributed by atoms with E-state index in [2.05, 4.69) is 6.58 Å². The van der Waals surface area contributed by atoms with Gasteiger partial charge in [-0.15, -0.1) is 6.58 Å². The fourth-order valence-electron chi connectivity index (χ4n) is 3.11. The first-order valence-corrected chi connectivity index (χ1v) is 11.5. The van der Waals surface area contributed by atoms with E-state index in [1.54, 1.807) is 13.2 Å². The minimum absolute atomic E-state index is 0.0516. The summed E-state index contributed by atoms with van der Waals surface area (Å²) in [6, 6.07) is 12.9. The highest BCUT2D eigenvalue weighted by Gasteiger charge is 2.24. The van der Waals surface area contributed by atoms with Crippen molar-refractivity contribution in [1.29, 1.82) is 0 Å². The minimum Gasteiger partial charge on any atom is -0.493 e. The SMILES string of the molecule is C=CCN(Cc1ccc(OC)c(OC(C)C)c1/C=C/C)S(=O)(=O)Cc1ccccc1. The summed E-state index contributed by atoms with van der Waals surface area (Å²) in [5, 5.41) is 0. The van der Waals surface area contributed by atoms with E-state index in [1.165, 1.54) is 4.31 Å². The first-order valence-electron chi connectivity index (χ1n) is 9.94. The lowest BCUT2D eigenvalue weighted by molar-refractivity contribution is 0.229. The van der Waals surface area contributed by atoms with E-state index in [-0.39, 0.29) is 24.9 Å². The second-order valence-electron chi connectivity index (χ2n) is 7.16. The molecule has 0 fully saturated rings. The number of hydrogen-bond donors (Lipinski definition) is 0. The molecule has 0 atom stereocenters. The van der Waals surface area contributed by atoms with E-state index < -0.39 is 10.0 Å². The Labute approximate surface area is 180 Å². The summed E-state index contributed by atoms with van der Waals surface area (Å²) in [5.41, 5.74) is 2.40. The van der Waals surface area contributed by atoms with E-state index in [9.17, 15) is 8.42 Å². The molecule has 0 radical (unpaired) electrons. The van der Waals surface area contributed by atoms with Crippen molar-refractivity contribution in [2.24, 2.45) is 0 Å². The number of rotatable bonds is 11. The molecule has 0 aliphatic heterocycles. The highest BCUT2D eigenvalue weighted by Crippen LogP contribution is 2.36. The van der Waals surface area contributed by atoms with Gasteiger partial charge in [-0.2, -0.15) is 4.31 Å². The third-order valence-corrected chi connectivity index (χ3v) is 6.18. The molecule has 0 heterocycles. The van der Waals surface area contributed by atoms with Crippen molar-refractivity contribution in [3.63, 3.8) is 0 Å². The van der Waals surface area contributed by atoms with Gasteiger partial charge in [0.15, 0.2) is 11.5 Å². The largest absolute Gasteiger partial charge is 0.493 e. The molecule has 0 amide bonds. The van der Waals surface area contributed by atoms with E-state index in [1.807, 2.05) is 75.4 Å². The van der Waals surface area contributed by atoms with Gasteiger partial charge in [0.2, 0.25) is 10.0 Å². The summed E-state index contributed by atoms with van der Waals surface area (Å²) in [4.78, 5) is 0. The van der Waals surface area contributed by atoms with Crippen LogP contribution in [0.15, 0.2) is 61.2 Å². The molecule has 0 aliphatic carbocycles. The topological polar surface area (TPSA) is 55.8 Å². The summed E-state index contributed by atoms with van der Waals surface area (Å²) in [5.74, 6) is 1.16. The van der Waals surface area contributed by atoms with Crippen molar-refractivity contribution < 1.29 is 17.9 Å². The van der Waals surface area contributed by atoms with Crippen LogP contribution in [0.25, 0.3) is 6.08 Å². The number of nitrogens with zero attached hydrogens (tertiary/aromatic N) is 1. The predicted octanol–water partition coefficient (Wildman–Crippen LogP) is 5.03. The van der Waals surface area contributed by atoms with Gasteiger partial charge < -0.3 is 9.47 Å². The second-order valence-corrected chi connectivity index (χ2v) is 9.13. The highest BCUT2D eigenvalue weighted by atomic mass is 32.2. The highest BCUT2D eigenvalue weighted by molar-refractivity contribution is 7.88. The molecule has 0 aliphatic rings. The first kappa shape index (κ1) is 23.7. The maximum Gasteiger partial charge on any atom is 0.218 e. The van der Waals surface area contributed by atoms with Gasteiger partial charge in [0.05, 0.1) is 19.0 Å². The number of methoxy groups -OCH3 is 1. The predicted molar refractivity (Wildman–Crippen MR) is 123 cm³/mol. The number of sulfonamides is 1. The lowest BCUT2D eigenvalue weighted by Crippen LogP contribution is -2.32. The van der Waals surface area contributed by atoms with E-state index in [4.69, 9.17) is 9.47 Å². The fourth-order valence-corrected chi connectivity index (χ4v) is 4.58. The number of benzene rings is 2. The standard InChI is InChI=1S/C24H31NO4S/c1-6-11-22-21(14-15-23(28-5)24(22)29-19(3)4)17-25(16-7-2)30(26,27)18-20-12-9-8-10-13-20/h6-15,19H,2,16-18H2,1,3-5H3/b11-6+. The molecule has 0 aromatic heterocycles. The lowest BCUT2D eigenvalue weighted by atomic mass is 10.0. The maximum absolute atomic E-state index is 13.2. The summed E-state index contributed by atoms with van der Waals surface area (Å²) in [7, 11) is -1.96. The maximum atomic E-state index is 13.2. The van der Waals surface area contributed by atoms with Crippen molar-refractivity contribution in [1.82, 2.24) is 4.31 Å². The molecule has 162 valence electrons. The Balaban J connectivity index is 2.46. The molecule has 2 rings (SSSR count). The zero-order valence-electron chi connectivity index (χ0n) is 18.2. The van der Waals surface area contributed by atoms with Crippen LogP contribution in [0, 0.1) is 0 Å². The fraction of sp³-hybridized carbons (Fsp3) is 0.333. The van der Waals surface area contributed by atoms with E-state index in [0.29, 0.717) is 11.5 Å². The zero-order chi connectivity index (χ0) is 22.1. The molecular weight excluding hydrogens is 398 g/mol. The van der Waals surface area contributed by atoms with Crippen molar-refractivity contribution in [3.8, 4) is 11.5 Å². The van der Waals surface area contributed by atoms with Gasteiger partial charge in [0.25, 0.3) is 0 Å². The number of ether oxygens (including phenoxy) is 2. The lowest BCUT2D eigenvalue weighted by Gasteiger charge is -2.24. The van der Waals surface area contributed by atoms with Crippen LogP contribution < -0.4 is 9.47 Å². The summed E-state index contributed by atoms with van der Waals surface area (Å²) in [6.07, 6.45) is 5.38. The summed E-state index contributed by atoms with van der Waals surface area (Å²) in [6.45, 7) is 9.97. The quantitative estimate of drug-likeness (QED) is 0.470. The Hall–Kier alpha value is -2.57. The van der Waals surface area contributed by atoms with Crippen molar-refractivity contribution >= 4 is 16.1 Å². The van der Waals surface area contributed by atoms with Gasteiger partial charge in [-0.05, 0) is 38.0 Å². The molecule has 2 aromatic rings. The van der Waals surface area contributed by atoms with Gasteiger partial charge in [0.1, 0.15) is 0 Å². The van der Waals surface area contributed by atoms with E-state index >= 15 is 0 Å². The Kier molecular flexibility index (Phi) is 8.69. The molecule has 0 saturated heterocycles. The van der Waals surface area contributed by atoms with Crippen LogP contribution in [0.4, 0.5) is 0 Å². The Morgan fingerprint density at radius 2 is 1.83 bits per heavy atom. The van der Waals surface area contributed by atoms with Gasteiger partial charge in [-0.1, -0.05) is 54.6 Å². The minimum atomic E-state index is -3.55. The molecule has 0 N–H and O–H groups in total. The average molecular weight is 430 g/mol. The Bertz CT molecular complexity index is 966. The second kappa shape index (κ2) is 11.0. The summed E-state index contributed by atoms with van der Waals surface area (Å²) < 4.78 is 39.3. The van der Waals surface area contributed by atoms with Crippen LogP contribution >= 0.6 is 0 Å². The molecule has 0 spiro atoms. The van der Waals surface area contributed by atoms with Crippen LogP contribution in [0.3, 0.4) is 0 Å². The molecule has 2 aromatic carbocycles. The Morgan fingerprint density at radius 3 is 2.40 bits per heavy atom. The van der Waals surface area contributed by atoms with E-state index in [0.717, 1.165) is 16.7 Å². The van der Waals surface area contributed by atoms with Crippen LogP contribution in [-0.4, -0.2) is 32.5 Å². The molecule has 30 heavy (non-hydrogen) atoms. The van der Waals surface area contributed by atoms with Crippen molar-refractivity contribution in [2.75, 3.05) is 13.7 Å². The molecule has 6 heteroatoms. The normalized spacial score (nSPS) is 11.9. The van der Waals surface area contributed by atoms with Gasteiger partial charge in [-0.3, -0.25) is 0 Å². The Morgan fingerprint density at radius 1 is 1.13 bits per heavy atom. The monoisotopic (exact) mass is 429 g/mol. The molecule has 0 bridgehead atoms. The van der Waals surface area contributed by atoms with Gasteiger partial charge >= 0.3 is 0 Å². The number of hydrogen-bond acceptors (Lipinski definition) is 4. The van der Waals surface area contributed by atoms with Crippen LogP contribution in [0.2, 0.25) is 0 Å². The van der Waals surface area contributed by atoms with Gasteiger partial charge in [0, 0.05) is 18.7 Å². The third kappa shape index (κ3) is 6.21. The first-order chi connectivity index (χ1) is 14.3. The van der Waals surface area contributed by atoms with Crippen LogP contribution in [0.1, 0.15) is 37.5 Å². The third-order valence-electron chi connectivity index (χ3n) is 4.42. The molecule has 0 saturated carbocycles. The summed E-state index contributed by atoms with van der Waals surface area (Å²) >= 11 is 0. The zero-order valence-corrected chi connectivity index (χ0v) is 19.0. The number of allylic oxidation sites excluding steroid dienone is 1. The average Bonchev–Trinajstić information content (AvgIpc) is 2.70. The molecule has 0 unspecified atom stereocenters. The van der Waals surface area contributed by atoms with Crippen LogP contribution in [0.5, 0.6) is 11.5 Å². The molecular formula is C24H31NO4S. The van der Waals surface area contributed by atoms with Crippen molar-refractivity contribution in [2.45, 2.75) is 39.2 Å². The van der Waals surface area contributed by atoms with Gasteiger partial charge in [-0.25, -0.2) is 8.42 Å². The van der Waals surface area contributed by atoms with Crippen LogP contribution in [-0.2, 0) is 22.3 Å². The smallest absolute Gasteiger partial charge is 0.218 e.